The van der Waals surface area contributed by atoms with Crippen molar-refractivity contribution >= 4 is 5.91 Å². The first kappa shape index (κ1) is 14.4. The summed E-state index contributed by atoms with van der Waals surface area (Å²) >= 11 is 0. The maximum Gasteiger partial charge on any atom is 0.234 e. The summed E-state index contributed by atoms with van der Waals surface area (Å²) < 4.78 is 5.58. The van der Waals surface area contributed by atoms with Gasteiger partial charge in [0.05, 0.1) is 12.1 Å². The Labute approximate surface area is 119 Å². The SMILES string of the molecule is CN(CCOc1ccccc1C#N)CC(=O)NC1CC1. The minimum Gasteiger partial charge on any atom is -0.491 e. The Kier molecular flexibility index (Phi) is 4.97. The molecule has 0 bridgehead atoms. The van der Waals surface area contributed by atoms with E-state index in [0.29, 0.717) is 37.1 Å². The van der Waals surface area contributed by atoms with E-state index >= 15 is 0 Å². The van der Waals surface area contributed by atoms with Crippen LogP contribution in [0.2, 0.25) is 0 Å². The summed E-state index contributed by atoms with van der Waals surface area (Å²) in [5.74, 6) is 0.651. The molecule has 1 amide bonds. The average molecular weight is 273 g/mol. The molecule has 0 atom stereocenters. The normalized spacial score (nSPS) is 13.8. The fraction of sp³-hybridized carbons (Fsp3) is 0.467. The summed E-state index contributed by atoms with van der Waals surface area (Å²) in [4.78, 5) is 13.5. The number of likely N-dealkylation sites (N-methyl/N-ethyl adjacent to an activating group) is 1. The van der Waals surface area contributed by atoms with Crippen molar-refractivity contribution in [2.75, 3.05) is 26.7 Å². The lowest BCUT2D eigenvalue weighted by Gasteiger charge is -2.16. The van der Waals surface area contributed by atoms with Crippen LogP contribution < -0.4 is 10.1 Å². The topological polar surface area (TPSA) is 65.4 Å². The highest BCUT2D eigenvalue weighted by atomic mass is 16.5. The van der Waals surface area contributed by atoms with E-state index in [-0.39, 0.29) is 5.91 Å². The Bertz CT molecular complexity index is 506. The molecule has 1 aliphatic rings. The summed E-state index contributed by atoms with van der Waals surface area (Å²) in [6.45, 7) is 1.46. The molecular weight excluding hydrogens is 254 g/mol. The summed E-state index contributed by atoms with van der Waals surface area (Å²) in [5.41, 5.74) is 0.529. The van der Waals surface area contributed by atoms with Crippen LogP contribution in [0.4, 0.5) is 0 Å². The van der Waals surface area contributed by atoms with Crippen molar-refractivity contribution in [3.05, 3.63) is 29.8 Å². The number of carbonyl (C=O) groups is 1. The molecule has 0 saturated heterocycles. The largest absolute Gasteiger partial charge is 0.491 e. The van der Waals surface area contributed by atoms with Crippen LogP contribution in [0.15, 0.2) is 24.3 Å². The molecule has 0 radical (unpaired) electrons. The molecule has 0 spiro atoms. The Balaban J connectivity index is 1.69. The molecule has 1 aliphatic carbocycles. The number of ether oxygens (including phenoxy) is 1. The van der Waals surface area contributed by atoms with Gasteiger partial charge >= 0.3 is 0 Å². The molecule has 0 unspecified atom stereocenters. The average Bonchev–Trinajstić information content (AvgIpc) is 3.23. The van der Waals surface area contributed by atoms with E-state index in [1.807, 2.05) is 18.0 Å². The fourth-order valence-electron chi connectivity index (χ4n) is 1.82. The summed E-state index contributed by atoms with van der Waals surface area (Å²) in [7, 11) is 1.88. The van der Waals surface area contributed by atoms with E-state index < -0.39 is 0 Å². The highest BCUT2D eigenvalue weighted by Crippen LogP contribution is 2.18. The first-order chi connectivity index (χ1) is 9.69. The molecule has 20 heavy (non-hydrogen) atoms. The van der Waals surface area contributed by atoms with Crippen molar-refractivity contribution in [2.24, 2.45) is 0 Å². The number of nitrogens with one attached hydrogen (secondary N) is 1. The van der Waals surface area contributed by atoms with E-state index in [1.165, 1.54) is 0 Å². The maximum absolute atomic E-state index is 11.6. The van der Waals surface area contributed by atoms with E-state index in [2.05, 4.69) is 11.4 Å². The summed E-state index contributed by atoms with van der Waals surface area (Å²) in [5, 5.41) is 11.9. The number of amides is 1. The van der Waals surface area contributed by atoms with Crippen LogP contribution in [0.5, 0.6) is 5.75 Å². The molecule has 2 rings (SSSR count). The maximum atomic E-state index is 11.6. The van der Waals surface area contributed by atoms with Crippen molar-refractivity contribution < 1.29 is 9.53 Å². The van der Waals surface area contributed by atoms with Crippen molar-refractivity contribution in [1.29, 1.82) is 5.26 Å². The predicted molar refractivity (Wildman–Crippen MR) is 75.3 cm³/mol. The Morgan fingerprint density at radius 1 is 1.50 bits per heavy atom. The highest BCUT2D eigenvalue weighted by Gasteiger charge is 2.23. The lowest BCUT2D eigenvalue weighted by atomic mass is 10.2. The molecule has 0 heterocycles. The zero-order chi connectivity index (χ0) is 14.4. The van der Waals surface area contributed by atoms with Crippen LogP contribution in [0.3, 0.4) is 0 Å². The molecule has 1 N–H and O–H groups in total. The molecule has 5 heteroatoms. The molecule has 0 aromatic heterocycles. The van der Waals surface area contributed by atoms with Crippen molar-refractivity contribution in [3.8, 4) is 11.8 Å². The molecule has 1 saturated carbocycles. The molecule has 1 fully saturated rings. The Hall–Kier alpha value is -2.06. The monoisotopic (exact) mass is 273 g/mol. The number of nitrogens with zero attached hydrogens (tertiary/aromatic N) is 2. The fourth-order valence-corrected chi connectivity index (χ4v) is 1.82. The molecular formula is C15H19N3O2. The second-order valence-corrected chi connectivity index (χ2v) is 5.04. The summed E-state index contributed by atoms with van der Waals surface area (Å²) in [6, 6.07) is 9.63. The van der Waals surface area contributed by atoms with E-state index in [1.54, 1.807) is 18.2 Å². The lowest BCUT2D eigenvalue weighted by molar-refractivity contribution is -0.122. The minimum atomic E-state index is 0.0624. The van der Waals surface area contributed by atoms with Gasteiger partial charge in [-0.3, -0.25) is 9.69 Å². The second kappa shape index (κ2) is 6.92. The van der Waals surface area contributed by atoms with Gasteiger partial charge in [0.2, 0.25) is 5.91 Å². The Morgan fingerprint density at radius 2 is 2.25 bits per heavy atom. The number of benzene rings is 1. The van der Waals surface area contributed by atoms with Gasteiger partial charge in [-0.1, -0.05) is 12.1 Å². The first-order valence-corrected chi connectivity index (χ1v) is 6.79. The molecule has 106 valence electrons. The van der Waals surface area contributed by atoms with Crippen LogP contribution in [-0.2, 0) is 4.79 Å². The number of para-hydroxylation sites is 1. The van der Waals surface area contributed by atoms with Crippen molar-refractivity contribution in [2.45, 2.75) is 18.9 Å². The highest BCUT2D eigenvalue weighted by molar-refractivity contribution is 5.78. The van der Waals surface area contributed by atoms with Crippen LogP contribution in [0.25, 0.3) is 0 Å². The standard InChI is InChI=1S/C15H19N3O2/c1-18(11-15(19)17-13-6-7-13)8-9-20-14-5-3-2-4-12(14)10-16/h2-5,13H,6-9,11H2,1H3,(H,17,19). The van der Waals surface area contributed by atoms with E-state index in [0.717, 1.165) is 12.8 Å². The third-order valence-corrected chi connectivity index (χ3v) is 3.09. The third kappa shape index (κ3) is 4.56. The van der Waals surface area contributed by atoms with Gasteiger partial charge < -0.3 is 10.1 Å². The second-order valence-electron chi connectivity index (χ2n) is 5.04. The number of rotatable bonds is 7. The minimum absolute atomic E-state index is 0.0624. The van der Waals surface area contributed by atoms with Gasteiger partial charge in [-0.2, -0.15) is 5.26 Å². The van der Waals surface area contributed by atoms with E-state index in [4.69, 9.17) is 10.00 Å². The van der Waals surface area contributed by atoms with Crippen LogP contribution >= 0.6 is 0 Å². The molecule has 5 nitrogen and oxygen atoms in total. The molecule has 0 aliphatic heterocycles. The van der Waals surface area contributed by atoms with Crippen LogP contribution in [-0.4, -0.2) is 43.6 Å². The van der Waals surface area contributed by atoms with E-state index in [9.17, 15) is 4.79 Å². The van der Waals surface area contributed by atoms with Gasteiger partial charge in [0.1, 0.15) is 18.4 Å². The van der Waals surface area contributed by atoms with Gasteiger partial charge in [-0.15, -0.1) is 0 Å². The van der Waals surface area contributed by atoms with Crippen molar-refractivity contribution in [1.82, 2.24) is 10.2 Å². The number of nitriles is 1. The number of carbonyl (C=O) groups excluding carboxylic acids is 1. The van der Waals surface area contributed by atoms with Gasteiger partial charge in [0.25, 0.3) is 0 Å². The quantitative estimate of drug-likeness (QED) is 0.809. The Morgan fingerprint density at radius 3 is 2.95 bits per heavy atom. The zero-order valence-electron chi connectivity index (χ0n) is 11.6. The van der Waals surface area contributed by atoms with Gasteiger partial charge in [-0.25, -0.2) is 0 Å². The van der Waals surface area contributed by atoms with Crippen molar-refractivity contribution in [3.63, 3.8) is 0 Å². The lowest BCUT2D eigenvalue weighted by Crippen LogP contribution is -2.37. The molecule has 1 aromatic carbocycles. The zero-order valence-corrected chi connectivity index (χ0v) is 11.6. The van der Waals surface area contributed by atoms with Gasteiger partial charge in [0, 0.05) is 12.6 Å². The summed E-state index contributed by atoms with van der Waals surface area (Å²) in [6.07, 6.45) is 2.20. The number of hydrogen-bond donors (Lipinski definition) is 1. The van der Waals surface area contributed by atoms with Crippen LogP contribution in [0.1, 0.15) is 18.4 Å². The smallest absolute Gasteiger partial charge is 0.234 e. The van der Waals surface area contributed by atoms with Crippen LogP contribution in [0, 0.1) is 11.3 Å². The van der Waals surface area contributed by atoms with Gasteiger partial charge in [-0.05, 0) is 32.0 Å². The predicted octanol–water partition coefficient (Wildman–Crippen LogP) is 1.15. The van der Waals surface area contributed by atoms with Gasteiger partial charge in [0.15, 0.2) is 0 Å². The third-order valence-electron chi connectivity index (χ3n) is 3.09. The number of hydrogen-bond acceptors (Lipinski definition) is 4. The first-order valence-electron chi connectivity index (χ1n) is 6.79. The molecule has 1 aromatic rings.